The van der Waals surface area contributed by atoms with Crippen molar-refractivity contribution in [2.75, 3.05) is 0 Å². The largest absolute Gasteiger partial charge is 0.481 e. The van der Waals surface area contributed by atoms with Crippen molar-refractivity contribution in [2.45, 2.75) is 12.5 Å². The molecular formula is C16H13ClN2O5. The highest BCUT2D eigenvalue weighted by Gasteiger charge is 2.25. The fraction of sp³-hybridized carbons (Fsp3) is 0.125. The number of ketones is 1. The molecule has 2 N–H and O–H groups in total. The van der Waals surface area contributed by atoms with E-state index >= 15 is 0 Å². The predicted molar refractivity (Wildman–Crippen MR) is 84.6 cm³/mol. The van der Waals surface area contributed by atoms with E-state index in [0.717, 1.165) is 0 Å². The molecule has 1 heterocycles. The smallest absolute Gasteiger partial charge is 0.356 e. The van der Waals surface area contributed by atoms with Gasteiger partial charge in [0.25, 0.3) is 0 Å². The van der Waals surface area contributed by atoms with Gasteiger partial charge in [-0.2, -0.15) is 0 Å². The molecule has 0 saturated heterocycles. The fourth-order valence-corrected chi connectivity index (χ4v) is 1.97. The molecule has 0 aliphatic rings. The van der Waals surface area contributed by atoms with Crippen LogP contribution >= 0.6 is 11.6 Å². The lowest BCUT2D eigenvalue weighted by atomic mass is 10.0. The van der Waals surface area contributed by atoms with Crippen molar-refractivity contribution in [3.8, 4) is 0 Å². The molecule has 0 spiro atoms. The molecule has 8 heteroatoms. The molecule has 1 aromatic heterocycles. The van der Waals surface area contributed by atoms with E-state index < -0.39 is 30.2 Å². The zero-order valence-electron chi connectivity index (χ0n) is 12.3. The molecule has 0 aliphatic carbocycles. The molecule has 0 amide bonds. The van der Waals surface area contributed by atoms with Crippen molar-refractivity contribution < 1.29 is 24.3 Å². The quantitative estimate of drug-likeness (QED) is 0.583. The van der Waals surface area contributed by atoms with Crippen LogP contribution in [-0.2, 0) is 9.63 Å². The van der Waals surface area contributed by atoms with Crippen LogP contribution in [0, 0.1) is 0 Å². The zero-order valence-corrected chi connectivity index (χ0v) is 13.1. The Labute approximate surface area is 142 Å². The first-order chi connectivity index (χ1) is 11.5. The molecule has 1 unspecified atom stereocenters. The van der Waals surface area contributed by atoms with Gasteiger partial charge in [-0.1, -0.05) is 11.6 Å². The first kappa shape index (κ1) is 17.6. The third-order valence-corrected chi connectivity index (χ3v) is 3.27. The molecule has 0 radical (unpaired) electrons. The van der Waals surface area contributed by atoms with Crippen molar-refractivity contribution >= 4 is 29.3 Å². The van der Waals surface area contributed by atoms with Crippen LogP contribution in [0.1, 0.15) is 27.1 Å². The van der Waals surface area contributed by atoms with Crippen molar-refractivity contribution in [1.82, 2.24) is 10.5 Å². The number of nitrogens with zero attached hydrogens (tertiary/aromatic N) is 1. The zero-order chi connectivity index (χ0) is 17.5. The summed E-state index contributed by atoms with van der Waals surface area (Å²) >= 11 is 5.73. The van der Waals surface area contributed by atoms with Crippen LogP contribution in [0.3, 0.4) is 0 Å². The lowest BCUT2D eigenvalue weighted by Gasteiger charge is -2.15. The van der Waals surface area contributed by atoms with Gasteiger partial charge in [0.2, 0.25) is 0 Å². The van der Waals surface area contributed by atoms with Gasteiger partial charge < -0.3 is 9.94 Å². The molecular weight excluding hydrogens is 336 g/mol. The summed E-state index contributed by atoms with van der Waals surface area (Å²) in [4.78, 5) is 43.8. The normalized spacial score (nSPS) is 11.5. The van der Waals surface area contributed by atoms with E-state index in [-0.39, 0.29) is 11.1 Å². The Hall–Kier alpha value is -2.77. The third kappa shape index (κ3) is 4.87. The lowest BCUT2D eigenvalue weighted by Crippen LogP contribution is -2.40. The van der Waals surface area contributed by atoms with E-state index in [1.807, 2.05) is 0 Å². The van der Waals surface area contributed by atoms with Gasteiger partial charge in [0, 0.05) is 23.0 Å². The van der Waals surface area contributed by atoms with Crippen LogP contribution < -0.4 is 5.48 Å². The number of benzene rings is 1. The summed E-state index contributed by atoms with van der Waals surface area (Å²) in [5.74, 6) is -2.53. The first-order valence-corrected chi connectivity index (χ1v) is 7.23. The van der Waals surface area contributed by atoms with Crippen LogP contribution in [0.2, 0.25) is 5.02 Å². The summed E-state index contributed by atoms with van der Waals surface area (Å²) in [5, 5.41) is 9.38. The minimum atomic E-state index is -1.23. The molecule has 7 nitrogen and oxygen atoms in total. The number of hydroxylamine groups is 1. The number of nitrogens with one attached hydrogen (secondary N) is 1. The van der Waals surface area contributed by atoms with Gasteiger partial charge in [-0.3, -0.25) is 14.6 Å². The number of pyridine rings is 1. The fourth-order valence-electron chi connectivity index (χ4n) is 1.84. The molecule has 0 saturated carbocycles. The van der Waals surface area contributed by atoms with E-state index in [9.17, 15) is 14.4 Å². The monoisotopic (exact) mass is 348 g/mol. The Morgan fingerprint density at radius 3 is 2.46 bits per heavy atom. The summed E-state index contributed by atoms with van der Waals surface area (Å²) in [6.07, 6.45) is 2.23. The van der Waals surface area contributed by atoms with Crippen molar-refractivity contribution in [2.24, 2.45) is 0 Å². The molecule has 1 atom stereocenters. The second-order valence-corrected chi connectivity index (χ2v) is 5.21. The number of hydrogen-bond acceptors (Lipinski definition) is 6. The number of carbonyl (C=O) groups excluding carboxylic acids is 2. The summed E-state index contributed by atoms with van der Waals surface area (Å²) in [7, 11) is 0. The SMILES string of the molecule is O=C(O)CC(NOC(=O)c1ccc(Cl)cc1)C(=O)c1cccnc1. The number of rotatable bonds is 7. The molecule has 0 fully saturated rings. The minimum Gasteiger partial charge on any atom is -0.481 e. The van der Waals surface area contributed by atoms with Crippen molar-refractivity contribution in [3.63, 3.8) is 0 Å². The number of carboxylic acid groups (broad SMARTS) is 1. The number of aliphatic carboxylic acids is 1. The summed E-state index contributed by atoms with van der Waals surface area (Å²) in [5.41, 5.74) is 2.63. The Bertz CT molecular complexity index is 734. The number of carboxylic acids is 1. The summed E-state index contributed by atoms with van der Waals surface area (Å²) in [6, 6.07) is 7.71. The van der Waals surface area contributed by atoms with Gasteiger partial charge in [-0.25, -0.2) is 4.79 Å². The maximum atomic E-state index is 12.3. The highest BCUT2D eigenvalue weighted by Crippen LogP contribution is 2.11. The molecule has 124 valence electrons. The highest BCUT2D eigenvalue weighted by molar-refractivity contribution is 6.30. The molecule has 2 aromatic rings. The molecule has 0 bridgehead atoms. The van der Waals surface area contributed by atoms with E-state index in [1.165, 1.54) is 42.7 Å². The topological polar surface area (TPSA) is 106 Å². The number of Topliss-reactive ketones (excluding diaryl/α,β-unsaturated/α-hetero) is 1. The van der Waals surface area contributed by atoms with E-state index in [2.05, 4.69) is 10.5 Å². The van der Waals surface area contributed by atoms with Gasteiger partial charge in [-0.15, -0.1) is 5.48 Å². The third-order valence-electron chi connectivity index (χ3n) is 3.02. The average Bonchev–Trinajstić information content (AvgIpc) is 2.58. The van der Waals surface area contributed by atoms with Gasteiger partial charge in [-0.05, 0) is 36.4 Å². The van der Waals surface area contributed by atoms with Crippen LogP contribution in [0.15, 0.2) is 48.8 Å². The minimum absolute atomic E-state index is 0.204. The molecule has 24 heavy (non-hydrogen) atoms. The number of hydrogen-bond donors (Lipinski definition) is 2. The highest BCUT2D eigenvalue weighted by atomic mass is 35.5. The Balaban J connectivity index is 2.06. The molecule has 2 rings (SSSR count). The van der Waals surface area contributed by atoms with Crippen molar-refractivity contribution in [1.29, 1.82) is 0 Å². The number of aromatic nitrogens is 1. The van der Waals surface area contributed by atoms with Gasteiger partial charge in [0.15, 0.2) is 5.78 Å². The first-order valence-electron chi connectivity index (χ1n) is 6.85. The maximum absolute atomic E-state index is 12.3. The summed E-state index contributed by atoms with van der Waals surface area (Å²) in [6.45, 7) is 0. The standard InChI is InChI=1S/C16H13ClN2O5/c17-12-5-3-10(4-6-12)16(23)24-19-13(8-14(20)21)15(22)11-2-1-7-18-9-11/h1-7,9,13,19H,8H2,(H,20,21). The van der Waals surface area contributed by atoms with Crippen LogP contribution in [0.25, 0.3) is 0 Å². The molecule has 0 aliphatic heterocycles. The van der Waals surface area contributed by atoms with E-state index in [0.29, 0.717) is 5.02 Å². The number of halogens is 1. The average molecular weight is 349 g/mol. The Kier molecular flexibility index (Phi) is 6.00. The van der Waals surface area contributed by atoms with Crippen LogP contribution in [0.5, 0.6) is 0 Å². The molecule has 1 aromatic carbocycles. The van der Waals surface area contributed by atoms with Crippen molar-refractivity contribution in [3.05, 3.63) is 64.9 Å². The second-order valence-electron chi connectivity index (χ2n) is 4.77. The van der Waals surface area contributed by atoms with Crippen LogP contribution in [-0.4, -0.2) is 33.9 Å². The number of carbonyl (C=O) groups is 3. The Morgan fingerprint density at radius 2 is 1.88 bits per heavy atom. The summed E-state index contributed by atoms with van der Waals surface area (Å²) < 4.78 is 0. The van der Waals surface area contributed by atoms with E-state index in [4.69, 9.17) is 21.5 Å². The van der Waals surface area contributed by atoms with Gasteiger partial charge >= 0.3 is 11.9 Å². The predicted octanol–water partition coefficient (Wildman–Crippen LogP) is 2.12. The van der Waals surface area contributed by atoms with Crippen LogP contribution in [0.4, 0.5) is 0 Å². The second kappa shape index (κ2) is 8.19. The van der Waals surface area contributed by atoms with Gasteiger partial charge in [0.1, 0.15) is 6.04 Å². The van der Waals surface area contributed by atoms with Gasteiger partial charge in [0.05, 0.1) is 12.0 Å². The Morgan fingerprint density at radius 1 is 1.17 bits per heavy atom. The van der Waals surface area contributed by atoms with E-state index in [1.54, 1.807) is 6.07 Å². The lowest BCUT2D eigenvalue weighted by molar-refractivity contribution is -0.138. The maximum Gasteiger partial charge on any atom is 0.356 e.